The van der Waals surface area contributed by atoms with Gasteiger partial charge in [0.25, 0.3) is 11.1 Å². The second-order valence-corrected chi connectivity index (χ2v) is 21.6. The first kappa shape index (κ1) is 56.4. The molecule has 1 aliphatic carbocycles. The van der Waals surface area contributed by atoms with Gasteiger partial charge >= 0.3 is 26.5 Å². The van der Waals surface area contributed by atoms with Gasteiger partial charge in [-0.2, -0.15) is 25.4 Å². The summed E-state index contributed by atoms with van der Waals surface area (Å²) in [6.07, 6.45) is 5.27. The molecule has 0 radical (unpaired) electrons. The van der Waals surface area contributed by atoms with Crippen LogP contribution in [0.2, 0.25) is 10.0 Å². The molecular formula is C50H42Cl2F4N10O12S2. The van der Waals surface area contributed by atoms with Crippen molar-refractivity contribution in [1.82, 2.24) is 38.0 Å². The number of amides is 1. The van der Waals surface area contributed by atoms with E-state index in [4.69, 9.17) is 32.7 Å². The van der Waals surface area contributed by atoms with Gasteiger partial charge in [-0.1, -0.05) is 45.6 Å². The van der Waals surface area contributed by atoms with E-state index in [2.05, 4.69) is 43.5 Å². The standard InChI is InChI=1S/C23H18ClF2N5O5S.C21H17ClF2N2O2.C6H7N3O5S/c1-35-23-19(11-17(26)22(27-23)14-8-15(24)10-16(25)9-14)31-18-4-6-30(12-13(18)2-3-21(31)32)37(33,34)29-20-5-7-36-28-20;1-28-21-18(26-17-5-3-2-4-12(17)6-7-19(26)27)11-16(24)20(25-21)13-8-14(22)10-15(23)9-13;10-6-9(2-4-13-6)15(11,12)8-5-1-3-14-7-5/h2-3,5,7-11H,4,6,12H2,1H3,(H,28,29);6-11H,2-5H2,1H3;1,3H,2,4H2,(H,7,8). The SMILES string of the molecule is COc1nc(-c2cc(F)cc(Cl)c2)c(F)cc1-n1c2c(ccc1=O)CCCC2.COc1nc(-c2cc(F)cc(Cl)c2)c(F)cc1-n1c2c(ccc1=O)CN(S(=O)(=O)Nc1ccon1)CC2.O=C1OCCN1S(=O)(=O)Nc1ccon1. The molecule has 0 unspecified atom stereocenters. The molecule has 1 fully saturated rings. The van der Waals surface area contributed by atoms with Crippen molar-refractivity contribution in [3.8, 4) is 45.6 Å². The molecule has 8 aromatic rings. The van der Waals surface area contributed by atoms with Crippen molar-refractivity contribution in [2.45, 2.75) is 38.6 Å². The van der Waals surface area contributed by atoms with Crippen LogP contribution in [0, 0.1) is 23.3 Å². The van der Waals surface area contributed by atoms with E-state index in [-0.39, 0.29) is 106 Å². The monoisotopic (exact) mass is 1180 g/mol. The molecule has 1 saturated heterocycles. The van der Waals surface area contributed by atoms with Crippen LogP contribution in [-0.2, 0) is 51.0 Å². The largest absolute Gasteiger partial charge is 0.479 e. The van der Waals surface area contributed by atoms with Gasteiger partial charge < -0.3 is 23.3 Å². The molecule has 8 heterocycles. The molecule has 0 spiro atoms. The number of fused-ring (bicyclic) bond motifs is 2. The smallest absolute Gasteiger partial charge is 0.425 e. The Morgan fingerprint density at radius 2 is 1.10 bits per heavy atom. The highest BCUT2D eigenvalue weighted by Gasteiger charge is 2.34. The lowest BCUT2D eigenvalue weighted by atomic mass is 9.95. The summed E-state index contributed by atoms with van der Waals surface area (Å²) in [4.78, 5) is 44.9. The Morgan fingerprint density at radius 1 is 0.600 bits per heavy atom. The first-order valence-corrected chi connectivity index (χ1v) is 27.3. The number of rotatable bonds is 12. The molecule has 0 saturated carbocycles. The van der Waals surface area contributed by atoms with Crippen molar-refractivity contribution >= 4 is 61.3 Å². The number of methoxy groups -OCH3 is 2. The van der Waals surface area contributed by atoms with E-state index in [9.17, 15) is 44.4 Å². The van der Waals surface area contributed by atoms with Crippen molar-refractivity contribution in [3.05, 3.63) is 174 Å². The van der Waals surface area contributed by atoms with Gasteiger partial charge in [0.2, 0.25) is 11.8 Å². The van der Waals surface area contributed by atoms with Gasteiger partial charge in [-0.3, -0.25) is 23.4 Å². The second kappa shape index (κ2) is 23.6. The van der Waals surface area contributed by atoms with Gasteiger partial charge in [-0.15, -0.1) is 0 Å². The Hall–Kier alpha value is -8.31. The molecule has 1 amide bonds. The minimum absolute atomic E-state index is 0.00792. The number of carbonyl (C=O) groups is 1. The number of ether oxygens (including phenoxy) is 3. The number of aromatic nitrogens is 6. The minimum atomic E-state index is -3.96. The van der Waals surface area contributed by atoms with Crippen LogP contribution in [-0.4, -0.2) is 94.9 Å². The number of anilines is 2. The first-order valence-electron chi connectivity index (χ1n) is 23.7. The Bertz CT molecular complexity index is 3970. The van der Waals surface area contributed by atoms with Crippen LogP contribution in [0.1, 0.15) is 35.4 Å². The average Bonchev–Trinajstić information content (AvgIpc) is 4.29. The Balaban J connectivity index is 0.000000158. The predicted molar refractivity (Wildman–Crippen MR) is 280 cm³/mol. The number of benzene rings is 2. The van der Waals surface area contributed by atoms with Crippen LogP contribution in [0.15, 0.2) is 116 Å². The molecule has 30 heteroatoms. The number of cyclic esters (lactones) is 1. The van der Waals surface area contributed by atoms with E-state index in [0.29, 0.717) is 15.6 Å². The highest BCUT2D eigenvalue weighted by atomic mass is 35.5. The normalized spacial score (nSPS) is 14.2. The van der Waals surface area contributed by atoms with E-state index in [1.807, 2.05) is 6.07 Å². The van der Waals surface area contributed by atoms with Crippen LogP contribution >= 0.6 is 23.2 Å². The molecule has 0 atom stereocenters. The van der Waals surface area contributed by atoms with E-state index >= 15 is 4.39 Å². The van der Waals surface area contributed by atoms with Crippen molar-refractivity contribution in [2.24, 2.45) is 0 Å². The van der Waals surface area contributed by atoms with Crippen LogP contribution in [0.3, 0.4) is 0 Å². The second-order valence-electron chi connectivity index (χ2n) is 17.4. The highest BCUT2D eigenvalue weighted by Crippen LogP contribution is 2.35. The molecule has 3 aliphatic rings. The number of nitrogens with one attached hydrogen (secondary N) is 2. The Kier molecular flexibility index (Phi) is 16.6. The summed E-state index contributed by atoms with van der Waals surface area (Å²) in [5.74, 6) is -2.77. The molecule has 2 N–H and O–H groups in total. The van der Waals surface area contributed by atoms with Gasteiger partial charge in [-0.25, -0.2) is 37.0 Å². The third kappa shape index (κ3) is 12.3. The van der Waals surface area contributed by atoms with Gasteiger partial charge in [-0.05, 0) is 73.2 Å². The minimum Gasteiger partial charge on any atom is -0.479 e. The van der Waals surface area contributed by atoms with Crippen molar-refractivity contribution in [3.63, 3.8) is 0 Å². The molecule has 2 aromatic carbocycles. The van der Waals surface area contributed by atoms with Crippen molar-refractivity contribution < 1.29 is 62.4 Å². The Morgan fingerprint density at radius 3 is 1.57 bits per heavy atom. The number of halogens is 6. The fraction of sp³-hybridized carbons (Fsp3) is 0.220. The van der Waals surface area contributed by atoms with E-state index in [1.165, 1.54) is 88.7 Å². The van der Waals surface area contributed by atoms with E-state index < -0.39 is 55.3 Å². The zero-order valence-electron chi connectivity index (χ0n) is 41.7. The molecule has 22 nitrogen and oxygen atoms in total. The maximum atomic E-state index is 15.3. The maximum Gasteiger partial charge on any atom is 0.425 e. The topological polar surface area (TPSA) is 265 Å². The van der Waals surface area contributed by atoms with Gasteiger partial charge in [0.1, 0.15) is 53.5 Å². The van der Waals surface area contributed by atoms with Crippen LogP contribution < -0.4 is 30.0 Å². The molecule has 6 aromatic heterocycles. The third-order valence-corrected chi connectivity index (χ3v) is 15.6. The fourth-order valence-corrected chi connectivity index (χ4v) is 11.5. The summed E-state index contributed by atoms with van der Waals surface area (Å²) in [7, 11) is -5.21. The molecule has 0 bridgehead atoms. The van der Waals surface area contributed by atoms with Gasteiger partial charge in [0.05, 0.1) is 20.8 Å². The van der Waals surface area contributed by atoms with Crippen molar-refractivity contribution in [2.75, 3.05) is 43.4 Å². The molecule has 2 aliphatic heterocycles. The molecule has 11 rings (SSSR count). The molecule has 80 heavy (non-hydrogen) atoms. The Labute approximate surface area is 461 Å². The number of hydrogen-bond acceptors (Lipinski definition) is 16. The number of nitrogens with zero attached hydrogens (tertiary/aromatic N) is 8. The van der Waals surface area contributed by atoms with Gasteiger partial charge in [0.15, 0.2) is 23.3 Å². The zero-order valence-corrected chi connectivity index (χ0v) is 44.8. The lowest BCUT2D eigenvalue weighted by molar-refractivity contribution is 0.170. The maximum absolute atomic E-state index is 15.3. The van der Waals surface area contributed by atoms with Crippen LogP contribution in [0.4, 0.5) is 34.0 Å². The average molecular weight is 1190 g/mol. The molecular weight excluding hydrogens is 1140 g/mol. The summed E-state index contributed by atoms with van der Waals surface area (Å²) >= 11 is 11.8. The summed E-state index contributed by atoms with van der Waals surface area (Å²) in [6, 6.07) is 18.2. The summed E-state index contributed by atoms with van der Waals surface area (Å²) < 4.78 is 140. The van der Waals surface area contributed by atoms with E-state index in [1.54, 1.807) is 0 Å². The first-order chi connectivity index (χ1) is 38.2. The lowest BCUT2D eigenvalue weighted by Gasteiger charge is -2.29. The van der Waals surface area contributed by atoms with Crippen LogP contribution in [0.25, 0.3) is 33.9 Å². The summed E-state index contributed by atoms with van der Waals surface area (Å²) in [5, 5.41) is 7.10. The van der Waals surface area contributed by atoms with Gasteiger partial charge in [0, 0.05) is 88.5 Å². The molecule has 418 valence electrons. The number of pyridine rings is 4. The van der Waals surface area contributed by atoms with E-state index in [0.717, 1.165) is 67.3 Å². The highest BCUT2D eigenvalue weighted by molar-refractivity contribution is 7.91. The number of carbonyl (C=O) groups excluding carboxylic acids is 1. The number of aryl methyl sites for hydroxylation is 1. The fourth-order valence-electron chi connectivity index (χ4n) is 8.84. The predicted octanol–water partition coefficient (Wildman–Crippen LogP) is 8.04. The zero-order chi connectivity index (χ0) is 57.0. The third-order valence-electron chi connectivity index (χ3n) is 12.3. The number of hydrogen-bond donors (Lipinski definition) is 2. The quantitative estimate of drug-likeness (QED) is 0.110. The van der Waals surface area contributed by atoms with Crippen molar-refractivity contribution in [1.29, 1.82) is 0 Å². The van der Waals surface area contributed by atoms with Crippen LogP contribution in [0.5, 0.6) is 11.8 Å². The summed E-state index contributed by atoms with van der Waals surface area (Å²) in [5.41, 5.74) is 2.37. The lowest BCUT2D eigenvalue weighted by Crippen LogP contribution is -2.41. The summed E-state index contributed by atoms with van der Waals surface area (Å²) in [6.45, 7) is 0.0210.